The Morgan fingerprint density at radius 1 is 1.33 bits per heavy atom. The standard InChI is InChI=1S/C15H28N2O/c1-12-8-16-15(2,14-5-6-14)11-17(12)9-13-4-3-7-18-10-13/h12-14,16H,3-11H2,1-2H3. The van der Waals surface area contributed by atoms with Crippen molar-refractivity contribution in [2.45, 2.75) is 51.1 Å². The van der Waals surface area contributed by atoms with Crippen LogP contribution in [0.2, 0.25) is 0 Å². The van der Waals surface area contributed by atoms with E-state index in [1.165, 1.54) is 38.8 Å². The van der Waals surface area contributed by atoms with Gasteiger partial charge < -0.3 is 10.1 Å². The van der Waals surface area contributed by atoms with Crippen molar-refractivity contribution in [2.75, 3.05) is 32.8 Å². The number of rotatable bonds is 3. The molecule has 3 rings (SSSR count). The van der Waals surface area contributed by atoms with Crippen LogP contribution in [0, 0.1) is 11.8 Å². The lowest BCUT2D eigenvalue weighted by atomic mass is 9.90. The number of ether oxygens (including phenoxy) is 1. The van der Waals surface area contributed by atoms with Gasteiger partial charge in [0.05, 0.1) is 6.61 Å². The summed E-state index contributed by atoms with van der Waals surface area (Å²) in [5.41, 5.74) is 0.377. The molecule has 0 radical (unpaired) electrons. The lowest BCUT2D eigenvalue weighted by Crippen LogP contribution is -2.64. The third-order valence-corrected chi connectivity index (χ3v) is 5.18. The van der Waals surface area contributed by atoms with Crippen molar-refractivity contribution in [1.29, 1.82) is 0 Å². The van der Waals surface area contributed by atoms with E-state index < -0.39 is 0 Å². The molecule has 3 aliphatic rings. The summed E-state index contributed by atoms with van der Waals surface area (Å²) < 4.78 is 5.63. The molecule has 0 bridgehead atoms. The van der Waals surface area contributed by atoms with Crippen molar-refractivity contribution in [1.82, 2.24) is 10.2 Å². The summed E-state index contributed by atoms with van der Waals surface area (Å²) in [5.74, 6) is 1.69. The number of nitrogens with zero attached hydrogens (tertiary/aromatic N) is 1. The fraction of sp³-hybridized carbons (Fsp3) is 1.00. The van der Waals surface area contributed by atoms with Crippen molar-refractivity contribution in [3.63, 3.8) is 0 Å². The fourth-order valence-corrected chi connectivity index (χ4v) is 3.67. The highest BCUT2D eigenvalue weighted by Crippen LogP contribution is 2.41. The highest BCUT2D eigenvalue weighted by Gasteiger charge is 2.45. The third kappa shape index (κ3) is 2.73. The molecule has 0 aromatic rings. The van der Waals surface area contributed by atoms with Gasteiger partial charge in [-0.3, -0.25) is 4.90 Å². The van der Waals surface area contributed by atoms with Crippen molar-refractivity contribution < 1.29 is 4.74 Å². The first-order valence-corrected chi connectivity index (χ1v) is 7.74. The van der Waals surface area contributed by atoms with Gasteiger partial charge in [0.15, 0.2) is 0 Å². The molecule has 3 unspecified atom stereocenters. The molecule has 3 fully saturated rings. The monoisotopic (exact) mass is 252 g/mol. The summed E-state index contributed by atoms with van der Waals surface area (Å²) in [6.45, 7) is 10.4. The Hall–Kier alpha value is -0.120. The molecule has 0 spiro atoms. The van der Waals surface area contributed by atoms with Crippen LogP contribution in [0.5, 0.6) is 0 Å². The molecule has 0 aromatic heterocycles. The molecule has 104 valence electrons. The number of nitrogens with one attached hydrogen (secondary N) is 1. The highest BCUT2D eigenvalue weighted by atomic mass is 16.5. The van der Waals surface area contributed by atoms with Crippen LogP contribution in [-0.4, -0.2) is 49.3 Å². The second-order valence-electron chi connectivity index (χ2n) is 6.93. The largest absolute Gasteiger partial charge is 0.381 e. The Balaban J connectivity index is 1.58. The topological polar surface area (TPSA) is 24.5 Å². The average molecular weight is 252 g/mol. The van der Waals surface area contributed by atoms with Crippen LogP contribution in [0.15, 0.2) is 0 Å². The molecule has 3 nitrogen and oxygen atoms in total. The smallest absolute Gasteiger partial charge is 0.0506 e. The van der Waals surface area contributed by atoms with Crippen LogP contribution in [0.1, 0.15) is 39.5 Å². The zero-order chi connectivity index (χ0) is 12.6. The van der Waals surface area contributed by atoms with E-state index >= 15 is 0 Å². The van der Waals surface area contributed by atoms with Crippen molar-refractivity contribution >= 4 is 0 Å². The maximum atomic E-state index is 5.63. The van der Waals surface area contributed by atoms with Crippen LogP contribution >= 0.6 is 0 Å². The molecule has 2 heterocycles. The zero-order valence-corrected chi connectivity index (χ0v) is 12.0. The molecule has 1 N–H and O–H groups in total. The SMILES string of the molecule is CC1CNC(C)(C2CC2)CN1CC1CCCOC1. The summed E-state index contributed by atoms with van der Waals surface area (Å²) in [5, 5.41) is 3.80. The molecule has 1 aliphatic carbocycles. The van der Waals surface area contributed by atoms with E-state index in [0.29, 0.717) is 11.6 Å². The van der Waals surface area contributed by atoms with E-state index in [2.05, 4.69) is 24.1 Å². The quantitative estimate of drug-likeness (QED) is 0.830. The van der Waals surface area contributed by atoms with Gasteiger partial charge >= 0.3 is 0 Å². The first-order valence-electron chi connectivity index (χ1n) is 7.74. The molecule has 0 amide bonds. The third-order valence-electron chi connectivity index (χ3n) is 5.18. The maximum Gasteiger partial charge on any atom is 0.0506 e. The van der Waals surface area contributed by atoms with Crippen molar-refractivity contribution in [2.24, 2.45) is 11.8 Å². The van der Waals surface area contributed by atoms with Gasteiger partial charge in [0.25, 0.3) is 0 Å². The minimum absolute atomic E-state index is 0.377. The predicted octanol–water partition coefficient (Wildman–Crippen LogP) is 1.88. The van der Waals surface area contributed by atoms with Gasteiger partial charge in [0, 0.05) is 37.8 Å². The number of hydrogen-bond donors (Lipinski definition) is 1. The van der Waals surface area contributed by atoms with Gasteiger partial charge in [-0.15, -0.1) is 0 Å². The van der Waals surface area contributed by atoms with Crippen molar-refractivity contribution in [3.05, 3.63) is 0 Å². The Morgan fingerprint density at radius 2 is 2.17 bits per heavy atom. The Labute approximate surface area is 111 Å². The summed E-state index contributed by atoms with van der Waals surface area (Å²) in [4.78, 5) is 2.72. The Kier molecular flexibility index (Phi) is 3.65. The normalized spacial score (nSPS) is 43.0. The summed E-state index contributed by atoms with van der Waals surface area (Å²) in [7, 11) is 0. The van der Waals surface area contributed by atoms with Crippen LogP contribution < -0.4 is 5.32 Å². The second-order valence-corrected chi connectivity index (χ2v) is 6.93. The summed E-state index contributed by atoms with van der Waals surface area (Å²) in [6.07, 6.45) is 5.47. The molecular weight excluding hydrogens is 224 g/mol. The van der Waals surface area contributed by atoms with Gasteiger partial charge in [0.1, 0.15) is 0 Å². The Bertz CT molecular complexity index is 286. The maximum absolute atomic E-state index is 5.63. The van der Waals surface area contributed by atoms with Gasteiger partial charge in [-0.05, 0) is 51.4 Å². The molecular formula is C15H28N2O. The molecule has 2 saturated heterocycles. The van der Waals surface area contributed by atoms with Crippen LogP contribution in [-0.2, 0) is 4.74 Å². The van der Waals surface area contributed by atoms with Crippen LogP contribution in [0.3, 0.4) is 0 Å². The van der Waals surface area contributed by atoms with Crippen LogP contribution in [0.4, 0.5) is 0 Å². The second kappa shape index (κ2) is 5.10. The minimum atomic E-state index is 0.377. The van der Waals surface area contributed by atoms with Crippen LogP contribution in [0.25, 0.3) is 0 Å². The Morgan fingerprint density at radius 3 is 2.83 bits per heavy atom. The predicted molar refractivity (Wildman–Crippen MR) is 73.7 cm³/mol. The van der Waals surface area contributed by atoms with Gasteiger partial charge in [-0.1, -0.05) is 0 Å². The number of hydrogen-bond acceptors (Lipinski definition) is 3. The molecule has 3 heteroatoms. The first kappa shape index (κ1) is 12.9. The van der Waals surface area contributed by atoms with Gasteiger partial charge in [-0.25, -0.2) is 0 Å². The van der Waals surface area contributed by atoms with Crippen molar-refractivity contribution in [3.8, 4) is 0 Å². The summed E-state index contributed by atoms with van der Waals surface area (Å²) >= 11 is 0. The van der Waals surface area contributed by atoms with E-state index in [9.17, 15) is 0 Å². The average Bonchev–Trinajstić information content (AvgIpc) is 3.20. The highest BCUT2D eigenvalue weighted by molar-refractivity contribution is 5.03. The molecule has 3 atom stereocenters. The van der Waals surface area contributed by atoms with Gasteiger partial charge in [0.2, 0.25) is 0 Å². The van der Waals surface area contributed by atoms with Gasteiger partial charge in [-0.2, -0.15) is 0 Å². The van der Waals surface area contributed by atoms with E-state index in [4.69, 9.17) is 4.74 Å². The fourth-order valence-electron chi connectivity index (χ4n) is 3.67. The molecule has 1 saturated carbocycles. The lowest BCUT2D eigenvalue weighted by molar-refractivity contribution is 0.0119. The molecule has 2 aliphatic heterocycles. The van der Waals surface area contributed by atoms with E-state index in [1.807, 2.05) is 0 Å². The lowest BCUT2D eigenvalue weighted by Gasteiger charge is -2.47. The molecule has 0 aromatic carbocycles. The van der Waals surface area contributed by atoms with E-state index in [-0.39, 0.29) is 0 Å². The first-order chi connectivity index (χ1) is 8.67. The van der Waals surface area contributed by atoms with E-state index in [1.54, 1.807) is 0 Å². The number of piperazine rings is 1. The zero-order valence-electron chi connectivity index (χ0n) is 12.0. The minimum Gasteiger partial charge on any atom is -0.381 e. The summed E-state index contributed by atoms with van der Waals surface area (Å²) in [6, 6.07) is 0.679. The van der Waals surface area contributed by atoms with E-state index in [0.717, 1.165) is 31.6 Å². The molecule has 18 heavy (non-hydrogen) atoms.